The molecule has 2 rings (SSSR count). The lowest BCUT2D eigenvalue weighted by molar-refractivity contribution is 0.941. The lowest BCUT2D eigenvalue weighted by Crippen LogP contribution is -2.09. The predicted octanol–water partition coefficient (Wildman–Crippen LogP) is 4.13. The van der Waals surface area contributed by atoms with Crippen molar-refractivity contribution in [1.82, 2.24) is 0 Å². The third kappa shape index (κ3) is 3.25. The Bertz CT molecular complexity index is 473. The summed E-state index contributed by atoms with van der Waals surface area (Å²) in [6.07, 6.45) is 0. The highest BCUT2D eigenvalue weighted by molar-refractivity contribution is 7.99. The Labute approximate surface area is 111 Å². The quantitative estimate of drug-likeness (QED) is 0.840. The van der Waals surface area contributed by atoms with Gasteiger partial charge < -0.3 is 5.73 Å². The van der Waals surface area contributed by atoms with Crippen LogP contribution in [0, 0.1) is 0 Å². The van der Waals surface area contributed by atoms with Crippen molar-refractivity contribution in [3.63, 3.8) is 0 Å². The zero-order valence-electron chi connectivity index (χ0n) is 9.34. The molecule has 1 nitrogen and oxygen atoms in total. The molecular formula is C14H14ClNS. The molecule has 0 aliphatic heterocycles. The Kier molecular flexibility index (Phi) is 4.49. The summed E-state index contributed by atoms with van der Waals surface area (Å²) in [6, 6.07) is 18.1. The van der Waals surface area contributed by atoms with E-state index >= 15 is 0 Å². The summed E-state index contributed by atoms with van der Waals surface area (Å²) in [5, 5.41) is 0.984. The molecule has 0 aliphatic carbocycles. The van der Waals surface area contributed by atoms with Crippen molar-refractivity contribution in [2.75, 3.05) is 6.54 Å². The number of thioether (sulfide) groups is 1. The second kappa shape index (κ2) is 6.10. The van der Waals surface area contributed by atoms with Crippen molar-refractivity contribution in [3.05, 3.63) is 65.2 Å². The lowest BCUT2D eigenvalue weighted by Gasteiger charge is -2.16. The first-order chi connectivity index (χ1) is 8.31. The second-order valence-electron chi connectivity index (χ2n) is 3.68. The molecule has 0 aromatic heterocycles. The molecule has 2 aromatic carbocycles. The topological polar surface area (TPSA) is 26.0 Å². The molecule has 0 fully saturated rings. The van der Waals surface area contributed by atoms with Gasteiger partial charge in [-0.2, -0.15) is 0 Å². The molecule has 0 aliphatic rings. The average molecular weight is 264 g/mol. The fourth-order valence-electron chi connectivity index (χ4n) is 1.64. The minimum atomic E-state index is 0.200. The number of halogens is 1. The van der Waals surface area contributed by atoms with E-state index in [-0.39, 0.29) is 5.25 Å². The summed E-state index contributed by atoms with van der Waals surface area (Å²) in [7, 11) is 0. The van der Waals surface area contributed by atoms with E-state index in [1.807, 2.05) is 42.5 Å². The maximum Gasteiger partial charge on any atom is 0.0481 e. The normalized spacial score (nSPS) is 12.4. The molecule has 1 atom stereocenters. The molecule has 0 amide bonds. The van der Waals surface area contributed by atoms with Crippen molar-refractivity contribution in [2.45, 2.75) is 10.1 Å². The van der Waals surface area contributed by atoms with Gasteiger partial charge in [0.15, 0.2) is 0 Å². The van der Waals surface area contributed by atoms with Crippen LogP contribution in [0.5, 0.6) is 0 Å². The first-order valence-electron chi connectivity index (χ1n) is 5.47. The van der Waals surface area contributed by atoms with Gasteiger partial charge in [0, 0.05) is 21.7 Å². The molecule has 0 spiro atoms. The number of hydrogen-bond acceptors (Lipinski definition) is 2. The van der Waals surface area contributed by atoms with Crippen molar-refractivity contribution in [1.29, 1.82) is 0 Å². The Morgan fingerprint density at radius 3 is 2.29 bits per heavy atom. The van der Waals surface area contributed by atoms with Gasteiger partial charge in [0.1, 0.15) is 0 Å². The largest absolute Gasteiger partial charge is 0.329 e. The van der Waals surface area contributed by atoms with Gasteiger partial charge in [0.2, 0.25) is 0 Å². The van der Waals surface area contributed by atoms with Crippen molar-refractivity contribution >= 4 is 23.4 Å². The first-order valence-corrected chi connectivity index (χ1v) is 6.73. The average Bonchev–Trinajstić information content (AvgIpc) is 2.38. The number of rotatable bonds is 4. The van der Waals surface area contributed by atoms with Gasteiger partial charge in [-0.3, -0.25) is 0 Å². The predicted molar refractivity (Wildman–Crippen MR) is 75.5 cm³/mol. The molecule has 88 valence electrons. The summed E-state index contributed by atoms with van der Waals surface area (Å²) < 4.78 is 0. The Morgan fingerprint density at radius 1 is 1.00 bits per heavy atom. The monoisotopic (exact) mass is 263 g/mol. The summed E-state index contributed by atoms with van der Waals surface area (Å²) >= 11 is 7.94. The van der Waals surface area contributed by atoms with Crippen LogP contribution < -0.4 is 5.73 Å². The highest BCUT2D eigenvalue weighted by atomic mass is 35.5. The molecule has 2 N–H and O–H groups in total. The smallest absolute Gasteiger partial charge is 0.0481 e. The molecule has 1 unspecified atom stereocenters. The van der Waals surface area contributed by atoms with Crippen LogP contribution in [0.15, 0.2) is 59.5 Å². The van der Waals surface area contributed by atoms with Gasteiger partial charge >= 0.3 is 0 Å². The third-order valence-electron chi connectivity index (χ3n) is 2.49. The Morgan fingerprint density at radius 2 is 1.65 bits per heavy atom. The van der Waals surface area contributed by atoms with Crippen LogP contribution in [-0.2, 0) is 0 Å². The molecule has 2 aromatic rings. The van der Waals surface area contributed by atoms with Gasteiger partial charge in [0.05, 0.1) is 0 Å². The molecule has 0 saturated heterocycles. The second-order valence-corrected chi connectivity index (χ2v) is 5.36. The molecule has 0 heterocycles. The standard InChI is InChI=1S/C14H14ClNS/c15-13-9-5-4-8-12(13)14(10-16)17-11-6-2-1-3-7-11/h1-9,14H,10,16H2. The van der Waals surface area contributed by atoms with Gasteiger partial charge in [-0.05, 0) is 23.8 Å². The van der Waals surface area contributed by atoms with E-state index in [0.29, 0.717) is 6.54 Å². The number of hydrogen-bond donors (Lipinski definition) is 1. The minimum Gasteiger partial charge on any atom is -0.329 e. The van der Waals surface area contributed by atoms with Crippen molar-refractivity contribution < 1.29 is 0 Å². The number of benzene rings is 2. The van der Waals surface area contributed by atoms with Crippen LogP contribution in [0.1, 0.15) is 10.8 Å². The highest BCUT2D eigenvalue weighted by Gasteiger charge is 2.13. The van der Waals surface area contributed by atoms with Crippen LogP contribution in [0.3, 0.4) is 0 Å². The SMILES string of the molecule is NCC(Sc1ccccc1)c1ccccc1Cl. The summed E-state index contributed by atoms with van der Waals surface area (Å²) in [6.45, 7) is 0.573. The maximum absolute atomic E-state index is 6.20. The van der Waals surface area contributed by atoms with E-state index in [2.05, 4.69) is 12.1 Å². The molecule has 3 heteroatoms. The molecule has 0 bridgehead atoms. The molecule has 17 heavy (non-hydrogen) atoms. The molecule has 0 saturated carbocycles. The summed E-state index contributed by atoms with van der Waals surface area (Å²) in [4.78, 5) is 1.21. The van der Waals surface area contributed by atoms with Crippen molar-refractivity contribution in [3.8, 4) is 0 Å². The van der Waals surface area contributed by atoms with E-state index < -0.39 is 0 Å². The van der Waals surface area contributed by atoms with E-state index in [0.717, 1.165) is 10.6 Å². The van der Waals surface area contributed by atoms with E-state index in [9.17, 15) is 0 Å². The fourth-order valence-corrected chi connectivity index (χ4v) is 3.04. The third-order valence-corrected chi connectivity index (χ3v) is 4.11. The van der Waals surface area contributed by atoms with Gasteiger partial charge in [-0.25, -0.2) is 0 Å². The van der Waals surface area contributed by atoms with E-state index in [4.69, 9.17) is 17.3 Å². The summed E-state index contributed by atoms with van der Waals surface area (Å²) in [5.74, 6) is 0. The first kappa shape index (κ1) is 12.5. The molecular weight excluding hydrogens is 250 g/mol. The van der Waals surface area contributed by atoms with Crippen LogP contribution in [-0.4, -0.2) is 6.54 Å². The zero-order valence-corrected chi connectivity index (χ0v) is 10.9. The Hall–Kier alpha value is -0.960. The minimum absolute atomic E-state index is 0.200. The van der Waals surface area contributed by atoms with E-state index in [1.165, 1.54) is 4.90 Å². The highest BCUT2D eigenvalue weighted by Crippen LogP contribution is 2.37. The van der Waals surface area contributed by atoms with Gasteiger partial charge in [-0.15, -0.1) is 11.8 Å². The van der Waals surface area contributed by atoms with Crippen LogP contribution in [0.4, 0.5) is 0 Å². The van der Waals surface area contributed by atoms with Crippen LogP contribution >= 0.6 is 23.4 Å². The number of nitrogens with two attached hydrogens (primary N) is 1. The van der Waals surface area contributed by atoms with E-state index in [1.54, 1.807) is 11.8 Å². The lowest BCUT2D eigenvalue weighted by atomic mass is 10.1. The van der Waals surface area contributed by atoms with Gasteiger partial charge in [-0.1, -0.05) is 48.0 Å². The van der Waals surface area contributed by atoms with Crippen molar-refractivity contribution in [2.24, 2.45) is 5.73 Å². The van der Waals surface area contributed by atoms with Gasteiger partial charge in [0.25, 0.3) is 0 Å². The Balaban J connectivity index is 2.21. The molecule has 0 radical (unpaired) electrons. The fraction of sp³-hybridized carbons (Fsp3) is 0.143. The maximum atomic E-state index is 6.20. The van der Waals surface area contributed by atoms with Crippen LogP contribution in [0.2, 0.25) is 5.02 Å². The zero-order chi connectivity index (χ0) is 12.1. The summed E-state index contributed by atoms with van der Waals surface area (Å²) in [5.41, 5.74) is 6.94. The van der Waals surface area contributed by atoms with Crippen LogP contribution in [0.25, 0.3) is 0 Å².